The summed E-state index contributed by atoms with van der Waals surface area (Å²) < 4.78 is 46.5. The van der Waals surface area contributed by atoms with E-state index in [4.69, 9.17) is 9.72 Å². The molecule has 39 heavy (non-hydrogen) atoms. The van der Waals surface area contributed by atoms with Crippen molar-refractivity contribution in [3.63, 3.8) is 0 Å². The lowest BCUT2D eigenvalue weighted by atomic mass is 10.1. The number of pyridine rings is 1. The van der Waals surface area contributed by atoms with Crippen molar-refractivity contribution in [3.8, 4) is 5.88 Å². The van der Waals surface area contributed by atoms with Crippen molar-refractivity contribution in [2.75, 3.05) is 0 Å². The van der Waals surface area contributed by atoms with Crippen LogP contribution in [0.1, 0.15) is 62.9 Å². The first kappa shape index (κ1) is 28.3. The highest BCUT2D eigenvalue weighted by molar-refractivity contribution is 8.00. The van der Waals surface area contributed by atoms with E-state index in [0.717, 1.165) is 17.3 Å². The Labute approximate surface area is 226 Å². The van der Waals surface area contributed by atoms with Gasteiger partial charge in [0, 0.05) is 34.6 Å². The number of aliphatic carboxylic acids is 1. The second kappa shape index (κ2) is 11.2. The third-order valence-electron chi connectivity index (χ3n) is 5.60. The van der Waals surface area contributed by atoms with Crippen molar-refractivity contribution in [1.82, 2.24) is 29.5 Å². The van der Waals surface area contributed by atoms with Gasteiger partial charge in [-0.15, -0.1) is 11.8 Å². The maximum Gasteiger partial charge on any atom is 0.451 e. The number of hydrogen-bond donors (Lipinski definition) is 1. The number of aromatic nitrogens is 6. The Balaban J connectivity index is 1.83. The van der Waals surface area contributed by atoms with Crippen molar-refractivity contribution < 1.29 is 27.8 Å². The van der Waals surface area contributed by atoms with Crippen LogP contribution in [0.15, 0.2) is 47.9 Å². The zero-order valence-corrected chi connectivity index (χ0v) is 22.5. The third kappa shape index (κ3) is 6.83. The van der Waals surface area contributed by atoms with Crippen LogP contribution in [0, 0.1) is 0 Å². The predicted molar refractivity (Wildman–Crippen MR) is 139 cm³/mol. The van der Waals surface area contributed by atoms with E-state index in [9.17, 15) is 23.1 Å². The van der Waals surface area contributed by atoms with Gasteiger partial charge in [0.05, 0.1) is 29.2 Å². The van der Waals surface area contributed by atoms with Gasteiger partial charge in [-0.05, 0) is 25.5 Å². The first-order valence-corrected chi connectivity index (χ1v) is 12.9. The summed E-state index contributed by atoms with van der Waals surface area (Å²) in [6.45, 7) is 8.00. The minimum absolute atomic E-state index is 0.155. The maximum atomic E-state index is 13.0. The minimum Gasteiger partial charge on any atom is -0.481 e. The smallest absolute Gasteiger partial charge is 0.451 e. The SMILES string of the molecule is CC(c1cnc(C(F)(F)F)nc1)n1c(CCC(=O)O)c(SC(C)(C)C)c2nc(OCc3ccccn3)cnc21. The van der Waals surface area contributed by atoms with E-state index in [2.05, 4.69) is 19.9 Å². The van der Waals surface area contributed by atoms with Gasteiger partial charge in [-0.25, -0.2) is 19.9 Å². The molecule has 0 aliphatic rings. The quantitative estimate of drug-likeness (QED) is 0.256. The molecule has 4 aromatic heterocycles. The molecular formula is C26H27F3N6O3S. The van der Waals surface area contributed by atoms with Crippen molar-refractivity contribution in [3.05, 3.63) is 65.8 Å². The summed E-state index contributed by atoms with van der Waals surface area (Å²) in [6, 6.07) is 4.90. The van der Waals surface area contributed by atoms with Crippen molar-refractivity contribution in [1.29, 1.82) is 0 Å². The average Bonchev–Trinajstić information content (AvgIpc) is 3.17. The highest BCUT2D eigenvalue weighted by atomic mass is 32.2. The molecule has 4 aromatic rings. The Morgan fingerprint density at radius 1 is 1.10 bits per heavy atom. The van der Waals surface area contributed by atoms with Gasteiger partial charge < -0.3 is 14.4 Å². The normalized spacial score (nSPS) is 13.0. The zero-order valence-electron chi connectivity index (χ0n) is 21.7. The molecule has 0 aliphatic carbocycles. The fourth-order valence-corrected chi connectivity index (χ4v) is 5.07. The first-order chi connectivity index (χ1) is 18.3. The molecule has 9 nitrogen and oxygen atoms in total. The molecule has 0 amide bonds. The zero-order chi connectivity index (χ0) is 28.4. The number of alkyl halides is 3. The molecule has 0 spiro atoms. The van der Waals surface area contributed by atoms with E-state index in [-0.39, 0.29) is 30.1 Å². The van der Waals surface area contributed by atoms with Gasteiger partial charge in [0.2, 0.25) is 11.7 Å². The highest BCUT2D eigenvalue weighted by Crippen LogP contribution is 2.42. The summed E-state index contributed by atoms with van der Waals surface area (Å²) >= 11 is 1.51. The number of carboxylic acid groups (broad SMARTS) is 1. The minimum atomic E-state index is -4.66. The Bertz CT molecular complexity index is 1450. The summed E-state index contributed by atoms with van der Waals surface area (Å²) in [5, 5.41) is 9.45. The van der Waals surface area contributed by atoms with Crippen LogP contribution < -0.4 is 4.74 Å². The second-order valence-corrected chi connectivity index (χ2v) is 11.6. The number of ether oxygens (including phenoxy) is 1. The van der Waals surface area contributed by atoms with E-state index in [1.54, 1.807) is 23.8 Å². The van der Waals surface area contributed by atoms with Crippen LogP contribution in [0.25, 0.3) is 11.2 Å². The standard InChI is InChI=1S/C26H27F3N6O3S/c1-15(16-11-32-24(33-12-16)26(27,28)29)35-18(8-9-20(36)37)22(39-25(2,3)4)21-23(35)31-13-19(34-21)38-14-17-7-5-6-10-30-17/h5-7,10-13,15H,8-9,14H2,1-4H3,(H,36,37). The number of fused-ring (bicyclic) bond motifs is 1. The number of carboxylic acids is 1. The lowest BCUT2D eigenvalue weighted by Crippen LogP contribution is -2.16. The molecule has 4 rings (SSSR count). The number of nitrogens with zero attached hydrogens (tertiary/aromatic N) is 6. The predicted octanol–water partition coefficient (Wildman–Crippen LogP) is 5.73. The molecule has 4 heterocycles. The molecule has 0 aliphatic heterocycles. The van der Waals surface area contributed by atoms with Gasteiger partial charge in [-0.3, -0.25) is 9.78 Å². The van der Waals surface area contributed by atoms with Crippen LogP contribution >= 0.6 is 11.8 Å². The highest BCUT2D eigenvalue weighted by Gasteiger charge is 2.35. The van der Waals surface area contributed by atoms with E-state index in [1.165, 1.54) is 18.0 Å². The van der Waals surface area contributed by atoms with Gasteiger partial charge in [-0.1, -0.05) is 26.8 Å². The summed E-state index contributed by atoms with van der Waals surface area (Å²) in [5.74, 6) is -1.96. The molecule has 1 unspecified atom stereocenters. The lowest BCUT2D eigenvalue weighted by Gasteiger charge is -2.21. The van der Waals surface area contributed by atoms with Crippen molar-refractivity contribution in [2.45, 2.75) is 69.0 Å². The second-order valence-electron chi connectivity index (χ2n) is 9.76. The lowest BCUT2D eigenvalue weighted by molar-refractivity contribution is -0.145. The Morgan fingerprint density at radius 2 is 1.82 bits per heavy atom. The number of halogens is 3. The molecule has 0 aromatic carbocycles. The molecule has 0 radical (unpaired) electrons. The van der Waals surface area contributed by atoms with Crippen molar-refractivity contribution in [2.24, 2.45) is 0 Å². The summed E-state index contributed by atoms with van der Waals surface area (Å²) in [4.78, 5) is 32.9. The summed E-state index contributed by atoms with van der Waals surface area (Å²) in [7, 11) is 0. The molecule has 206 valence electrons. The van der Waals surface area contributed by atoms with Gasteiger partial charge in [0.1, 0.15) is 12.1 Å². The van der Waals surface area contributed by atoms with Gasteiger partial charge in [0.25, 0.3) is 0 Å². The molecule has 13 heteroatoms. The Hall–Kier alpha value is -3.74. The molecule has 0 bridgehead atoms. The van der Waals surface area contributed by atoms with E-state index >= 15 is 0 Å². The number of carbonyl (C=O) groups is 1. The largest absolute Gasteiger partial charge is 0.481 e. The summed E-state index contributed by atoms with van der Waals surface area (Å²) in [5.41, 5.74) is 2.72. The molecule has 0 saturated heterocycles. The van der Waals surface area contributed by atoms with Crippen LogP contribution in [0.2, 0.25) is 0 Å². The summed E-state index contributed by atoms with van der Waals surface area (Å²) in [6.07, 6.45) is 0.706. The van der Waals surface area contributed by atoms with Crippen LogP contribution in [-0.4, -0.2) is 45.3 Å². The maximum absolute atomic E-state index is 13.0. The Morgan fingerprint density at radius 3 is 2.41 bits per heavy atom. The number of hydrogen-bond acceptors (Lipinski definition) is 8. The van der Waals surface area contributed by atoms with E-state index in [1.807, 2.05) is 32.9 Å². The third-order valence-corrected chi connectivity index (χ3v) is 6.85. The van der Waals surface area contributed by atoms with E-state index in [0.29, 0.717) is 28.1 Å². The monoisotopic (exact) mass is 560 g/mol. The molecule has 1 atom stereocenters. The van der Waals surface area contributed by atoms with Crippen LogP contribution in [-0.2, 0) is 24.0 Å². The fourth-order valence-electron chi connectivity index (χ4n) is 3.91. The molecule has 1 N–H and O–H groups in total. The molecule has 0 fully saturated rings. The average molecular weight is 561 g/mol. The topological polar surface area (TPSA) is 116 Å². The Kier molecular flexibility index (Phi) is 8.09. The number of rotatable bonds is 9. The van der Waals surface area contributed by atoms with Gasteiger partial charge in [0.15, 0.2) is 5.65 Å². The van der Waals surface area contributed by atoms with Crippen LogP contribution in [0.4, 0.5) is 13.2 Å². The van der Waals surface area contributed by atoms with Crippen LogP contribution in [0.3, 0.4) is 0 Å². The van der Waals surface area contributed by atoms with E-state index < -0.39 is 24.0 Å². The molecule has 0 saturated carbocycles. The molecular weight excluding hydrogens is 533 g/mol. The van der Waals surface area contributed by atoms with Crippen LogP contribution in [0.5, 0.6) is 5.88 Å². The van der Waals surface area contributed by atoms with Crippen molar-refractivity contribution >= 4 is 28.9 Å². The fraction of sp³-hybridized carbons (Fsp3) is 0.385. The number of thioether (sulfide) groups is 1. The first-order valence-electron chi connectivity index (χ1n) is 12.1. The van der Waals surface area contributed by atoms with Gasteiger partial charge >= 0.3 is 12.1 Å². The van der Waals surface area contributed by atoms with Gasteiger partial charge in [-0.2, -0.15) is 13.2 Å².